The van der Waals surface area contributed by atoms with E-state index in [0.29, 0.717) is 5.95 Å². The second-order valence-corrected chi connectivity index (χ2v) is 11.5. The van der Waals surface area contributed by atoms with Crippen molar-refractivity contribution in [3.05, 3.63) is 65.7 Å². The van der Waals surface area contributed by atoms with Crippen molar-refractivity contribution in [2.75, 3.05) is 50.2 Å². The summed E-state index contributed by atoms with van der Waals surface area (Å²) in [5, 5.41) is 9.30. The summed E-state index contributed by atoms with van der Waals surface area (Å²) in [4.78, 5) is 14.3. The van der Waals surface area contributed by atoms with Gasteiger partial charge in [0.1, 0.15) is 0 Å². The van der Waals surface area contributed by atoms with Crippen molar-refractivity contribution in [2.45, 2.75) is 33.2 Å². The number of nitrogens with two attached hydrogens (primary N) is 1. The molecule has 3 aromatic heterocycles. The number of rotatable bonds is 8. The number of aryl methyl sites for hydroxylation is 5. The monoisotopic (exact) mass is 549 g/mol. The lowest BCUT2D eigenvalue weighted by Gasteiger charge is -2.24. The lowest BCUT2D eigenvalue weighted by atomic mass is 9.98. The molecule has 0 radical (unpaired) electrons. The van der Waals surface area contributed by atoms with Crippen molar-refractivity contribution in [1.82, 2.24) is 29.2 Å². The van der Waals surface area contributed by atoms with Crippen molar-refractivity contribution >= 4 is 33.9 Å². The van der Waals surface area contributed by atoms with Gasteiger partial charge < -0.3 is 25.4 Å². The number of likely N-dealkylation sites (N-methyl/N-ethyl adjacent to an activating group) is 2. The Morgan fingerprint density at radius 3 is 2.61 bits per heavy atom. The summed E-state index contributed by atoms with van der Waals surface area (Å²) in [5.74, 6) is 0.536. The second-order valence-electron chi connectivity index (χ2n) is 11.5. The molecule has 1 aliphatic rings. The van der Waals surface area contributed by atoms with Gasteiger partial charge in [-0.05, 0) is 64.0 Å². The molecule has 4 heterocycles. The maximum Gasteiger partial charge on any atom is 0.227 e. The van der Waals surface area contributed by atoms with E-state index in [0.717, 1.165) is 83.2 Å². The average molecular weight is 550 g/mol. The second kappa shape index (κ2) is 10.6. The zero-order chi connectivity index (χ0) is 28.8. The van der Waals surface area contributed by atoms with E-state index in [9.17, 15) is 0 Å². The van der Waals surface area contributed by atoms with Gasteiger partial charge in [0, 0.05) is 80.1 Å². The first-order valence-electron chi connectivity index (χ1n) is 14.2. The summed E-state index contributed by atoms with van der Waals surface area (Å²) in [7, 11) is 8.18. The standard InChI is InChI=1S/C32H39N9/c1-20-15-29(39(5)14-13-38(3)4)27(33)16-28(20)35-32-34-17-24(25-18-40(6)37-21(25)2)30(36-32)26-19-41-12-8-10-22-9-7-11-23(26)31(22)41/h7,9,11,15-19H,8,10,12-14,33H2,1-6H3,(H,34,35,36). The fraction of sp³-hybridized carbons (Fsp3) is 0.344. The normalized spacial score (nSPS) is 12.9. The summed E-state index contributed by atoms with van der Waals surface area (Å²) >= 11 is 0. The van der Waals surface area contributed by atoms with Crippen LogP contribution in [-0.4, -0.2) is 63.4 Å². The van der Waals surface area contributed by atoms with Crippen LogP contribution in [-0.2, 0) is 20.0 Å². The highest BCUT2D eigenvalue weighted by Gasteiger charge is 2.22. The fourth-order valence-electron chi connectivity index (χ4n) is 5.92. The van der Waals surface area contributed by atoms with E-state index < -0.39 is 0 Å². The molecule has 0 fully saturated rings. The number of benzene rings is 2. The summed E-state index contributed by atoms with van der Waals surface area (Å²) in [5.41, 5.74) is 17.9. The Bertz CT molecular complexity index is 1740. The molecule has 0 saturated heterocycles. The fourth-order valence-corrected chi connectivity index (χ4v) is 5.92. The Morgan fingerprint density at radius 1 is 1.02 bits per heavy atom. The molecule has 0 unspecified atom stereocenters. The minimum Gasteiger partial charge on any atom is -0.397 e. The molecule has 0 aliphatic carbocycles. The SMILES string of the molecule is Cc1cc(N(C)CCN(C)C)c(N)cc1Nc1ncc(-c2cn(C)nc2C)c(-c2cn3c4c(cccc24)CCC3)n1. The summed E-state index contributed by atoms with van der Waals surface area (Å²) in [6.07, 6.45) is 8.47. The summed E-state index contributed by atoms with van der Waals surface area (Å²) in [6, 6.07) is 10.7. The minimum atomic E-state index is 0.536. The van der Waals surface area contributed by atoms with Crippen LogP contribution in [0.3, 0.4) is 0 Å². The molecule has 0 spiro atoms. The molecule has 0 bridgehead atoms. The van der Waals surface area contributed by atoms with E-state index in [4.69, 9.17) is 15.7 Å². The zero-order valence-corrected chi connectivity index (χ0v) is 24.9. The van der Waals surface area contributed by atoms with Gasteiger partial charge in [-0.25, -0.2) is 9.97 Å². The largest absolute Gasteiger partial charge is 0.397 e. The number of nitrogen functional groups attached to an aromatic ring is 1. The van der Waals surface area contributed by atoms with Crippen LogP contribution in [0, 0.1) is 13.8 Å². The third-order valence-electron chi connectivity index (χ3n) is 8.09. The van der Waals surface area contributed by atoms with Crippen molar-refractivity contribution in [2.24, 2.45) is 7.05 Å². The highest BCUT2D eigenvalue weighted by atomic mass is 15.2. The Morgan fingerprint density at radius 2 is 1.85 bits per heavy atom. The predicted molar refractivity (Wildman–Crippen MR) is 169 cm³/mol. The molecule has 6 rings (SSSR count). The molecule has 0 amide bonds. The Balaban J connectivity index is 1.43. The van der Waals surface area contributed by atoms with Gasteiger partial charge in [-0.1, -0.05) is 18.2 Å². The Kier molecular flexibility index (Phi) is 6.91. The molecule has 9 heteroatoms. The van der Waals surface area contributed by atoms with Crippen LogP contribution in [0.25, 0.3) is 33.3 Å². The van der Waals surface area contributed by atoms with Gasteiger partial charge in [-0.15, -0.1) is 0 Å². The molecule has 9 nitrogen and oxygen atoms in total. The van der Waals surface area contributed by atoms with Gasteiger partial charge in [0.25, 0.3) is 0 Å². The van der Waals surface area contributed by atoms with Crippen LogP contribution >= 0.6 is 0 Å². The molecule has 2 aromatic carbocycles. The van der Waals surface area contributed by atoms with Crippen molar-refractivity contribution in [3.8, 4) is 22.4 Å². The molecule has 41 heavy (non-hydrogen) atoms. The van der Waals surface area contributed by atoms with Crippen molar-refractivity contribution in [3.63, 3.8) is 0 Å². The van der Waals surface area contributed by atoms with E-state index in [2.05, 4.69) is 83.3 Å². The number of nitrogens with one attached hydrogen (secondary N) is 1. The van der Waals surface area contributed by atoms with Gasteiger partial charge >= 0.3 is 0 Å². The van der Waals surface area contributed by atoms with Crippen LogP contribution < -0.4 is 16.0 Å². The quantitative estimate of drug-likeness (QED) is 0.251. The first kappa shape index (κ1) is 26.8. The average Bonchev–Trinajstić information content (AvgIpc) is 3.49. The van der Waals surface area contributed by atoms with Gasteiger partial charge in [0.05, 0.1) is 28.3 Å². The predicted octanol–water partition coefficient (Wildman–Crippen LogP) is 5.39. The summed E-state index contributed by atoms with van der Waals surface area (Å²) in [6.45, 7) is 6.97. The third-order valence-corrected chi connectivity index (χ3v) is 8.09. The van der Waals surface area contributed by atoms with Crippen LogP contribution in [0.1, 0.15) is 23.2 Å². The number of hydrogen-bond donors (Lipinski definition) is 2. The van der Waals surface area contributed by atoms with Crippen LogP contribution in [0.4, 0.5) is 23.0 Å². The zero-order valence-electron chi connectivity index (χ0n) is 24.9. The molecule has 3 N–H and O–H groups in total. The highest BCUT2D eigenvalue weighted by molar-refractivity contribution is 6.00. The van der Waals surface area contributed by atoms with Crippen LogP contribution in [0.15, 0.2) is 48.9 Å². The highest BCUT2D eigenvalue weighted by Crippen LogP contribution is 2.40. The lowest BCUT2D eigenvalue weighted by molar-refractivity contribution is 0.416. The molecule has 5 aromatic rings. The van der Waals surface area contributed by atoms with Gasteiger partial charge in [-0.3, -0.25) is 4.68 Å². The molecule has 0 saturated carbocycles. The smallest absolute Gasteiger partial charge is 0.227 e. The number of hydrogen-bond acceptors (Lipinski definition) is 7. The number of aromatic nitrogens is 5. The number of nitrogens with zero attached hydrogens (tertiary/aromatic N) is 7. The van der Waals surface area contributed by atoms with Gasteiger partial charge in [-0.2, -0.15) is 5.10 Å². The molecule has 1 aliphatic heterocycles. The molecule has 0 atom stereocenters. The number of anilines is 4. The van der Waals surface area contributed by atoms with Crippen LogP contribution in [0.5, 0.6) is 0 Å². The van der Waals surface area contributed by atoms with Gasteiger partial charge in [0.2, 0.25) is 5.95 Å². The first-order chi connectivity index (χ1) is 19.7. The van der Waals surface area contributed by atoms with E-state index in [-0.39, 0.29) is 0 Å². The number of para-hydroxylation sites is 1. The maximum absolute atomic E-state index is 6.54. The maximum atomic E-state index is 6.54. The topological polar surface area (TPSA) is 93.1 Å². The summed E-state index contributed by atoms with van der Waals surface area (Å²) < 4.78 is 4.23. The first-order valence-corrected chi connectivity index (χ1v) is 14.2. The molecular weight excluding hydrogens is 510 g/mol. The van der Waals surface area contributed by atoms with Crippen LogP contribution in [0.2, 0.25) is 0 Å². The lowest BCUT2D eigenvalue weighted by Crippen LogP contribution is -2.29. The van der Waals surface area contributed by atoms with E-state index in [1.807, 2.05) is 37.1 Å². The van der Waals surface area contributed by atoms with E-state index in [1.54, 1.807) is 0 Å². The Hall–Kier alpha value is -4.37. The molecular formula is C32H39N9. The third kappa shape index (κ3) is 5.02. The van der Waals surface area contributed by atoms with Crippen molar-refractivity contribution in [1.29, 1.82) is 0 Å². The van der Waals surface area contributed by atoms with E-state index in [1.165, 1.54) is 16.5 Å². The van der Waals surface area contributed by atoms with E-state index >= 15 is 0 Å². The van der Waals surface area contributed by atoms with Crippen molar-refractivity contribution < 1.29 is 0 Å². The van der Waals surface area contributed by atoms with Gasteiger partial charge in [0.15, 0.2) is 0 Å². The minimum absolute atomic E-state index is 0.536. The molecule has 212 valence electrons. The Labute approximate surface area is 241 Å².